The number of carboxylic acid groups (broad SMARTS) is 2. The van der Waals surface area contributed by atoms with Gasteiger partial charge in [0.25, 0.3) is 0 Å². The van der Waals surface area contributed by atoms with E-state index in [1.165, 1.54) is 6.42 Å². The molecule has 5 rings (SSSR count). The Morgan fingerprint density at radius 1 is 1.18 bits per heavy atom. The van der Waals surface area contributed by atoms with Crippen LogP contribution < -0.4 is 4.74 Å². The lowest BCUT2D eigenvalue weighted by Gasteiger charge is -2.50. The minimum atomic E-state index is -2.27. The molecule has 2 aromatic rings. The number of aliphatic hydroxyl groups is 3. The summed E-state index contributed by atoms with van der Waals surface area (Å²) in [5.41, 5.74) is 1.85. The molecule has 0 amide bonds. The highest BCUT2D eigenvalue weighted by atomic mass is 16.5. The third kappa shape index (κ3) is 5.36. The number of aliphatic hydroxyl groups excluding tert-OH is 3. The number of carbonyl (C=O) groups is 2. The Morgan fingerprint density at radius 2 is 1.85 bits per heavy atom. The predicted molar refractivity (Wildman–Crippen MR) is 122 cm³/mol. The van der Waals surface area contributed by atoms with E-state index in [4.69, 9.17) is 25.2 Å². The van der Waals surface area contributed by atoms with Gasteiger partial charge in [0.05, 0.1) is 18.7 Å². The van der Waals surface area contributed by atoms with Gasteiger partial charge in [-0.15, -0.1) is 6.58 Å². The second kappa shape index (κ2) is 10.9. The number of fused-ring (bicyclic) bond motifs is 4. The molecule has 3 saturated heterocycles. The maximum atomic E-state index is 11.2. The van der Waals surface area contributed by atoms with Crippen LogP contribution in [0.4, 0.5) is 0 Å². The summed E-state index contributed by atoms with van der Waals surface area (Å²) in [7, 11) is 1.66. The highest BCUT2D eigenvalue weighted by Gasteiger charge is 2.42. The number of ether oxygens (including phenoxy) is 1. The Labute approximate surface area is 196 Å². The number of carboxylic acids is 2. The molecule has 184 valence electrons. The number of benzene rings is 1. The first-order valence-corrected chi connectivity index (χ1v) is 11.0. The number of aliphatic carboxylic acids is 2. The number of nitrogens with zero attached hydrogens (tertiary/aromatic N) is 2. The van der Waals surface area contributed by atoms with Gasteiger partial charge in [-0.2, -0.15) is 0 Å². The summed E-state index contributed by atoms with van der Waals surface area (Å²) >= 11 is 0. The van der Waals surface area contributed by atoms with Gasteiger partial charge in [0.2, 0.25) is 0 Å². The van der Waals surface area contributed by atoms with Gasteiger partial charge in [0.15, 0.2) is 12.2 Å². The lowest BCUT2D eigenvalue weighted by molar-refractivity contribution is -0.165. The quantitative estimate of drug-likeness (QED) is 0.367. The molecule has 1 aromatic carbocycles. The van der Waals surface area contributed by atoms with Crippen molar-refractivity contribution in [2.24, 2.45) is 11.8 Å². The van der Waals surface area contributed by atoms with Gasteiger partial charge >= 0.3 is 11.9 Å². The molecule has 0 radical (unpaired) electrons. The van der Waals surface area contributed by atoms with Gasteiger partial charge < -0.3 is 30.3 Å². The molecule has 34 heavy (non-hydrogen) atoms. The number of hydrogen-bond donors (Lipinski definition) is 5. The van der Waals surface area contributed by atoms with Gasteiger partial charge in [-0.3, -0.25) is 9.88 Å². The molecule has 10 nitrogen and oxygen atoms in total. The average molecular weight is 475 g/mol. The van der Waals surface area contributed by atoms with Crippen molar-refractivity contribution in [3.05, 3.63) is 48.7 Å². The zero-order chi connectivity index (χ0) is 25.0. The highest BCUT2D eigenvalue weighted by Crippen LogP contribution is 2.42. The molecule has 4 heterocycles. The van der Waals surface area contributed by atoms with Crippen molar-refractivity contribution in [1.82, 2.24) is 9.88 Å². The summed E-state index contributed by atoms with van der Waals surface area (Å²) in [6.45, 7) is 6.07. The van der Waals surface area contributed by atoms with Crippen molar-refractivity contribution in [2.45, 2.75) is 37.2 Å². The minimum Gasteiger partial charge on any atom is -0.497 e. The van der Waals surface area contributed by atoms with Crippen LogP contribution >= 0.6 is 0 Å². The molecule has 5 N–H and O–H groups in total. The summed E-state index contributed by atoms with van der Waals surface area (Å²) < 4.78 is 5.35. The molecule has 1 aromatic heterocycles. The Bertz CT molecular complexity index is 1030. The second-order valence-electron chi connectivity index (χ2n) is 8.54. The van der Waals surface area contributed by atoms with Crippen LogP contribution in [-0.4, -0.2) is 85.8 Å². The average Bonchev–Trinajstić information content (AvgIpc) is 2.86. The number of hydrogen-bond acceptors (Lipinski definition) is 8. The Balaban J connectivity index is 0.000000277. The molecular weight excluding hydrogens is 444 g/mol. The third-order valence-corrected chi connectivity index (χ3v) is 6.62. The molecule has 2 bridgehead atoms. The fraction of sp³-hybridized carbons (Fsp3) is 0.458. The molecule has 3 fully saturated rings. The van der Waals surface area contributed by atoms with Crippen LogP contribution in [0.25, 0.3) is 10.9 Å². The lowest BCUT2D eigenvalue weighted by atomic mass is 9.73. The van der Waals surface area contributed by atoms with Crippen molar-refractivity contribution < 1.29 is 39.9 Å². The fourth-order valence-corrected chi connectivity index (χ4v) is 4.71. The van der Waals surface area contributed by atoms with Crippen LogP contribution in [0.1, 0.15) is 24.5 Å². The van der Waals surface area contributed by atoms with Crippen molar-refractivity contribution in [3.8, 4) is 5.75 Å². The SMILES string of the molecule is C=CC1CN2CCC1CC2[C@@H](O)c1ccnc2ccc(OC)cc12.O=C(O)[C@H](O)[C@@H](O)C(=O)O. The molecule has 3 aliphatic heterocycles. The largest absolute Gasteiger partial charge is 0.497 e. The van der Waals surface area contributed by atoms with Crippen LogP contribution in [0.2, 0.25) is 0 Å². The Kier molecular flexibility index (Phi) is 8.21. The van der Waals surface area contributed by atoms with Gasteiger partial charge in [0.1, 0.15) is 5.75 Å². The molecule has 0 aliphatic carbocycles. The van der Waals surface area contributed by atoms with Crippen molar-refractivity contribution in [3.63, 3.8) is 0 Å². The zero-order valence-corrected chi connectivity index (χ0v) is 18.8. The predicted octanol–water partition coefficient (Wildman–Crippen LogP) is 1.05. The summed E-state index contributed by atoms with van der Waals surface area (Å²) in [6.07, 6.45) is 1.09. The minimum absolute atomic E-state index is 0.178. The smallest absolute Gasteiger partial charge is 0.335 e. The molecule has 3 aliphatic rings. The van der Waals surface area contributed by atoms with E-state index in [0.29, 0.717) is 11.8 Å². The van der Waals surface area contributed by atoms with E-state index in [-0.39, 0.29) is 6.04 Å². The van der Waals surface area contributed by atoms with Gasteiger partial charge in [0, 0.05) is 24.2 Å². The summed E-state index contributed by atoms with van der Waals surface area (Å²) in [4.78, 5) is 26.4. The number of piperidine rings is 3. The van der Waals surface area contributed by atoms with Crippen molar-refractivity contribution in [1.29, 1.82) is 0 Å². The number of methoxy groups -OCH3 is 1. The molecule has 0 saturated carbocycles. The van der Waals surface area contributed by atoms with E-state index < -0.39 is 30.3 Å². The maximum Gasteiger partial charge on any atom is 0.335 e. The van der Waals surface area contributed by atoms with E-state index in [9.17, 15) is 14.7 Å². The number of rotatable bonds is 7. The molecule has 7 atom stereocenters. The molecule has 10 heteroatoms. The van der Waals surface area contributed by atoms with E-state index in [0.717, 1.165) is 41.7 Å². The summed E-state index contributed by atoms with van der Waals surface area (Å²) in [6, 6.07) is 7.96. The normalized spacial score (nSPS) is 26.0. The zero-order valence-electron chi connectivity index (χ0n) is 18.8. The number of aromatic nitrogens is 1. The van der Waals surface area contributed by atoms with Crippen molar-refractivity contribution >= 4 is 22.8 Å². The first kappa shape index (κ1) is 25.6. The summed E-state index contributed by atoms with van der Waals surface area (Å²) in [5.74, 6) is -1.53. The monoisotopic (exact) mass is 474 g/mol. The van der Waals surface area contributed by atoms with Crippen LogP contribution in [0.5, 0.6) is 5.75 Å². The topological polar surface area (TPSA) is 161 Å². The maximum absolute atomic E-state index is 11.2. The second-order valence-corrected chi connectivity index (χ2v) is 8.54. The highest BCUT2D eigenvalue weighted by molar-refractivity contribution is 5.84. The Hall–Kier alpha value is -3.05. The summed E-state index contributed by atoms with van der Waals surface area (Å²) in [5, 5.41) is 44.7. The lowest BCUT2D eigenvalue weighted by Crippen LogP contribution is -2.54. The van der Waals surface area contributed by atoms with E-state index in [1.807, 2.05) is 24.3 Å². The van der Waals surface area contributed by atoms with Crippen LogP contribution in [0.3, 0.4) is 0 Å². The van der Waals surface area contributed by atoms with Gasteiger partial charge in [-0.25, -0.2) is 9.59 Å². The Morgan fingerprint density at radius 3 is 2.38 bits per heavy atom. The molecule has 4 unspecified atom stereocenters. The third-order valence-electron chi connectivity index (χ3n) is 6.62. The van der Waals surface area contributed by atoms with E-state index in [2.05, 4.69) is 22.5 Å². The van der Waals surface area contributed by atoms with Gasteiger partial charge in [-0.1, -0.05) is 6.08 Å². The van der Waals surface area contributed by atoms with E-state index in [1.54, 1.807) is 13.3 Å². The standard InChI is InChI=1S/C20H24N2O2.C4H6O6/c1-3-13-12-22-9-7-14(13)10-19(22)20(23)16-6-8-21-18-5-4-15(24-2)11-17(16)18;5-1(3(7)8)2(6)4(9)10/h3-6,8,11,13-14,19-20,23H,1,7,9-10,12H2,2H3;1-2,5-6H,(H,7,8)(H,9,10)/t13?,14?,19?,20-;1-,2-/m01/s1. The van der Waals surface area contributed by atoms with Crippen LogP contribution in [0.15, 0.2) is 43.1 Å². The van der Waals surface area contributed by atoms with E-state index >= 15 is 0 Å². The van der Waals surface area contributed by atoms with Crippen molar-refractivity contribution in [2.75, 3.05) is 20.2 Å². The first-order chi connectivity index (χ1) is 16.2. The van der Waals surface area contributed by atoms with Gasteiger partial charge in [-0.05, 0) is 61.1 Å². The first-order valence-electron chi connectivity index (χ1n) is 11.0. The number of pyridine rings is 1. The van der Waals surface area contributed by atoms with Crippen LogP contribution in [0, 0.1) is 11.8 Å². The molecule has 0 spiro atoms. The molecular formula is C24H30N2O8. The van der Waals surface area contributed by atoms with Crippen LogP contribution in [-0.2, 0) is 9.59 Å². The fourth-order valence-electron chi connectivity index (χ4n) is 4.71.